The number of esters is 2. The first-order chi connectivity index (χ1) is 31.0. The van der Waals surface area contributed by atoms with Crippen molar-refractivity contribution in [2.75, 3.05) is 19.0 Å². The SMILES string of the molecule is CCCCCCCCC/C=C/C/C=C/C/C=C/C/C=C/CCCC(=O)OC[C@H](CO[C@H]1O[C@H](CS(=O)(=O)O)[C@@H](O)C(O)C1O)OC(=O)CC/C=C/CCCCCCCCCCCCC. The van der Waals surface area contributed by atoms with Crippen LogP contribution < -0.4 is 0 Å². The van der Waals surface area contributed by atoms with E-state index in [4.69, 9.17) is 18.9 Å². The Balaban J connectivity index is 2.46. The Morgan fingerprint density at radius 1 is 0.531 bits per heavy atom. The Bertz CT molecular complexity index is 1410. The van der Waals surface area contributed by atoms with Gasteiger partial charge in [0.1, 0.15) is 36.8 Å². The summed E-state index contributed by atoms with van der Waals surface area (Å²) in [5.41, 5.74) is 0. The Morgan fingerprint density at radius 2 is 0.969 bits per heavy atom. The standard InChI is InChI=1S/C51H88O12S/c1-3-5-7-9-11-13-15-17-19-20-21-22-23-24-26-27-29-31-33-35-37-39-46(52)60-41-44(42-61-51-50(56)49(55)48(54)45(63-51)43-64(57,58)59)62-47(53)40-38-36-34-32-30-28-25-18-16-14-12-10-8-6-4-2/h19-20,22-23,26-27,31,33-34,36,44-45,48-51,54-56H,3-18,21,24-25,28-30,32,35,37-43H2,1-2H3,(H,57,58,59)/b20-19+,23-22+,27-26+,33-31+,36-34+/t44-,45-,48-,49?,50?,51+/m1/s1. The summed E-state index contributed by atoms with van der Waals surface area (Å²) < 4.78 is 54.0. The van der Waals surface area contributed by atoms with Gasteiger partial charge in [-0.1, -0.05) is 177 Å². The minimum absolute atomic E-state index is 0.0678. The fourth-order valence-corrected chi connectivity index (χ4v) is 7.91. The average molecular weight is 925 g/mol. The molecule has 0 aromatic heterocycles. The van der Waals surface area contributed by atoms with E-state index >= 15 is 0 Å². The summed E-state index contributed by atoms with van der Waals surface area (Å²) in [4.78, 5) is 25.4. The van der Waals surface area contributed by atoms with Crippen molar-refractivity contribution in [2.24, 2.45) is 0 Å². The maximum absolute atomic E-state index is 12.8. The fourth-order valence-electron chi connectivity index (χ4n) is 7.22. The first-order valence-corrected chi connectivity index (χ1v) is 26.5. The molecule has 0 aromatic rings. The predicted molar refractivity (Wildman–Crippen MR) is 256 cm³/mol. The Labute approximate surface area is 387 Å². The lowest BCUT2D eigenvalue weighted by Crippen LogP contribution is -2.60. The summed E-state index contributed by atoms with van der Waals surface area (Å²) in [6.45, 7) is 3.69. The zero-order chi connectivity index (χ0) is 46.9. The second kappa shape index (κ2) is 40.6. The van der Waals surface area contributed by atoms with E-state index < -0.39 is 71.2 Å². The summed E-state index contributed by atoms with van der Waals surface area (Å²) in [5.74, 6) is -2.12. The Hall–Kier alpha value is -2.65. The Morgan fingerprint density at radius 3 is 1.47 bits per heavy atom. The molecule has 1 aliphatic rings. The van der Waals surface area contributed by atoms with Crippen LogP contribution in [0.25, 0.3) is 0 Å². The number of aliphatic hydroxyl groups excluding tert-OH is 3. The summed E-state index contributed by atoms with van der Waals surface area (Å²) in [6, 6.07) is 0. The number of hydrogen-bond donors (Lipinski definition) is 4. The Kier molecular flexibility index (Phi) is 37.7. The molecule has 0 amide bonds. The van der Waals surface area contributed by atoms with Gasteiger partial charge in [-0.3, -0.25) is 14.1 Å². The second-order valence-corrected chi connectivity index (χ2v) is 18.6. The number of unbranched alkanes of at least 4 members (excludes halogenated alkanes) is 19. The highest BCUT2D eigenvalue weighted by Crippen LogP contribution is 2.24. The third-order valence-corrected chi connectivity index (χ3v) is 11.8. The minimum atomic E-state index is -4.62. The molecule has 1 rings (SSSR count). The van der Waals surface area contributed by atoms with Gasteiger partial charge in [-0.05, 0) is 64.2 Å². The van der Waals surface area contributed by atoms with Crippen molar-refractivity contribution in [1.29, 1.82) is 0 Å². The van der Waals surface area contributed by atoms with Gasteiger partial charge in [0, 0.05) is 12.8 Å². The van der Waals surface area contributed by atoms with E-state index in [-0.39, 0.29) is 19.4 Å². The smallest absolute Gasteiger partial charge is 0.306 e. The van der Waals surface area contributed by atoms with Crippen molar-refractivity contribution >= 4 is 22.1 Å². The summed E-state index contributed by atoms with van der Waals surface area (Å²) in [6.07, 6.45) is 41.4. The van der Waals surface area contributed by atoms with E-state index in [0.717, 1.165) is 38.5 Å². The number of aliphatic hydroxyl groups is 3. The molecule has 13 heteroatoms. The van der Waals surface area contributed by atoms with Crippen LogP contribution >= 0.6 is 0 Å². The number of carbonyl (C=O) groups is 2. The molecule has 0 bridgehead atoms. The van der Waals surface area contributed by atoms with Crippen LogP contribution in [0.5, 0.6) is 0 Å². The third kappa shape index (κ3) is 34.7. The molecule has 370 valence electrons. The molecule has 1 heterocycles. The fraction of sp³-hybridized carbons (Fsp3) is 0.765. The molecule has 0 saturated carbocycles. The van der Waals surface area contributed by atoms with Crippen molar-refractivity contribution < 1.29 is 56.8 Å². The lowest BCUT2D eigenvalue weighted by molar-refractivity contribution is -0.297. The van der Waals surface area contributed by atoms with Crippen LogP contribution in [0, 0.1) is 0 Å². The van der Waals surface area contributed by atoms with Gasteiger partial charge in [-0.25, -0.2) is 0 Å². The van der Waals surface area contributed by atoms with Crippen LogP contribution in [0.4, 0.5) is 0 Å². The summed E-state index contributed by atoms with van der Waals surface area (Å²) in [5, 5.41) is 30.9. The lowest BCUT2D eigenvalue weighted by atomic mass is 10.00. The number of ether oxygens (including phenoxy) is 4. The molecular weight excluding hydrogens is 837 g/mol. The van der Waals surface area contributed by atoms with Crippen LogP contribution in [-0.2, 0) is 38.7 Å². The number of rotatable bonds is 41. The first kappa shape index (κ1) is 59.4. The van der Waals surface area contributed by atoms with Gasteiger partial charge in [-0.2, -0.15) is 8.42 Å². The third-order valence-electron chi connectivity index (χ3n) is 11.1. The molecule has 2 unspecified atom stereocenters. The zero-order valence-corrected chi connectivity index (χ0v) is 40.4. The normalized spacial score (nSPS) is 20.1. The van der Waals surface area contributed by atoms with Gasteiger partial charge < -0.3 is 34.3 Å². The summed E-state index contributed by atoms with van der Waals surface area (Å²) in [7, 11) is -4.62. The molecule has 1 fully saturated rings. The zero-order valence-electron chi connectivity index (χ0n) is 39.6. The molecular formula is C51H88O12S. The molecule has 0 radical (unpaired) electrons. The minimum Gasteiger partial charge on any atom is -0.462 e. The maximum atomic E-state index is 12.8. The van der Waals surface area contributed by atoms with Gasteiger partial charge in [0.2, 0.25) is 0 Å². The molecule has 4 N–H and O–H groups in total. The lowest BCUT2D eigenvalue weighted by Gasteiger charge is -2.40. The van der Waals surface area contributed by atoms with E-state index in [1.165, 1.54) is 109 Å². The monoisotopic (exact) mass is 925 g/mol. The molecule has 0 spiro atoms. The topological polar surface area (TPSA) is 186 Å². The van der Waals surface area contributed by atoms with Crippen molar-refractivity contribution in [3.05, 3.63) is 60.8 Å². The van der Waals surface area contributed by atoms with E-state index in [1.54, 1.807) is 0 Å². The highest BCUT2D eigenvalue weighted by Gasteiger charge is 2.46. The van der Waals surface area contributed by atoms with E-state index in [0.29, 0.717) is 19.3 Å². The first-order valence-electron chi connectivity index (χ1n) is 24.8. The van der Waals surface area contributed by atoms with Crippen LogP contribution in [-0.4, -0.2) is 96.0 Å². The van der Waals surface area contributed by atoms with Gasteiger partial charge in [0.05, 0.1) is 6.61 Å². The predicted octanol–water partition coefficient (Wildman–Crippen LogP) is 10.9. The molecule has 1 saturated heterocycles. The molecule has 0 aromatic carbocycles. The van der Waals surface area contributed by atoms with Gasteiger partial charge in [0.15, 0.2) is 12.4 Å². The highest BCUT2D eigenvalue weighted by atomic mass is 32.2. The van der Waals surface area contributed by atoms with Crippen molar-refractivity contribution in [3.8, 4) is 0 Å². The highest BCUT2D eigenvalue weighted by molar-refractivity contribution is 7.85. The molecule has 1 aliphatic heterocycles. The van der Waals surface area contributed by atoms with Crippen molar-refractivity contribution in [2.45, 2.75) is 230 Å². The largest absolute Gasteiger partial charge is 0.462 e. The number of carbonyl (C=O) groups excluding carboxylic acids is 2. The number of hydrogen-bond acceptors (Lipinski definition) is 11. The van der Waals surface area contributed by atoms with E-state index in [9.17, 15) is 37.9 Å². The van der Waals surface area contributed by atoms with Crippen LogP contribution in [0.15, 0.2) is 60.8 Å². The molecule has 12 nitrogen and oxygen atoms in total. The van der Waals surface area contributed by atoms with Gasteiger partial charge in [0.25, 0.3) is 10.1 Å². The van der Waals surface area contributed by atoms with Crippen molar-refractivity contribution in [1.82, 2.24) is 0 Å². The maximum Gasteiger partial charge on any atom is 0.306 e. The average Bonchev–Trinajstić information content (AvgIpc) is 3.26. The molecule has 0 aliphatic carbocycles. The molecule has 6 atom stereocenters. The van der Waals surface area contributed by atoms with Crippen LogP contribution in [0.3, 0.4) is 0 Å². The van der Waals surface area contributed by atoms with E-state index in [2.05, 4.69) is 62.5 Å². The van der Waals surface area contributed by atoms with Crippen LogP contribution in [0.2, 0.25) is 0 Å². The van der Waals surface area contributed by atoms with Crippen molar-refractivity contribution in [3.63, 3.8) is 0 Å². The van der Waals surface area contributed by atoms with Gasteiger partial charge in [-0.15, -0.1) is 0 Å². The van der Waals surface area contributed by atoms with E-state index in [1.807, 2.05) is 12.2 Å². The second-order valence-electron chi connectivity index (χ2n) is 17.1. The molecule has 64 heavy (non-hydrogen) atoms. The summed E-state index contributed by atoms with van der Waals surface area (Å²) >= 11 is 0. The quantitative estimate of drug-likeness (QED) is 0.0197. The number of allylic oxidation sites excluding steroid dienone is 10. The van der Waals surface area contributed by atoms with Gasteiger partial charge >= 0.3 is 11.9 Å². The van der Waals surface area contributed by atoms with Crippen LogP contribution in [0.1, 0.15) is 194 Å².